The van der Waals surface area contributed by atoms with Crippen LogP contribution in [0.2, 0.25) is 5.02 Å². The van der Waals surface area contributed by atoms with Gasteiger partial charge in [0.15, 0.2) is 0 Å². The van der Waals surface area contributed by atoms with Crippen LogP contribution in [0.5, 0.6) is 0 Å². The Balaban J connectivity index is 1.46. The summed E-state index contributed by atoms with van der Waals surface area (Å²) in [6.07, 6.45) is -1.29. The molecule has 1 aliphatic heterocycles. The summed E-state index contributed by atoms with van der Waals surface area (Å²) >= 11 is 5.92. The molecule has 2 aromatic carbocycles. The zero-order valence-electron chi connectivity index (χ0n) is 17.0. The fraction of sp³-hybridized carbons (Fsp3) is 0.238. The summed E-state index contributed by atoms with van der Waals surface area (Å²) in [6.45, 7) is 0.0587. The molecule has 7 nitrogen and oxygen atoms in total. The van der Waals surface area contributed by atoms with Gasteiger partial charge in [0, 0.05) is 44.1 Å². The van der Waals surface area contributed by atoms with Gasteiger partial charge in [-0.1, -0.05) is 11.6 Å². The lowest BCUT2D eigenvalue weighted by molar-refractivity contribution is -0.137. The first-order valence-corrected chi connectivity index (χ1v) is 11.7. The van der Waals surface area contributed by atoms with Gasteiger partial charge in [0.05, 0.1) is 16.3 Å². The first-order chi connectivity index (χ1) is 15.6. The van der Waals surface area contributed by atoms with Crippen LogP contribution in [-0.2, 0) is 16.2 Å². The van der Waals surface area contributed by atoms with Gasteiger partial charge >= 0.3 is 6.18 Å². The van der Waals surface area contributed by atoms with Crippen molar-refractivity contribution in [3.8, 4) is 5.69 Å². The standard InChI is InChI=1S/C21H18ClF3N4O3S/c22-18-7-4-16(21(23,24)25)14-19(18)33(31,32)28-12-10-27(11-13-28)20(30)15-2-5-17(6-3-15)29-9-1-8-26-29/h1-9,14H,10-13H2. The number of aromatic nitrogens is 2. The molecule has 1 saturated heterocycles. The third-order valence-corrected chi connectivity index (χ3v) is 7.67. The number of piperazine rings is 1. The van der Waals surface area contributed by atoms with Gasteiger partial charge in [0.25, 0.3) is 5.91 Å². The molecule has 0 atom stereocenters. The molecule has 4 rings (SSSR count). The zero-order valence-corrected chi connectivity index (χ0v) is 18.6. The number of benzene rings is 2. The van der Waals surface area contributed by atoms with Gasteiger partial charge in [-0.3, -0.25) is 4.79 Å². The lowest BCUT2D eigenvalue weighted by Gasteiger charge is -2.34. The molecule has 0 N–H and O–H groups in total. The Kier molecular flexibility index (Phi) is 6.21. The summed E-state index contributed by atoms with van der Waals surface area (Å²) in [4.78, 5) is 13.7. The van der Waals surface area contributed by atoms with Crippen LogP contribution >= 0.6 is 11.6 Å². The Labute approximate surface area is 193 Å². The second kappa shape index (κ2) is 8.81. The molecule has 0 saturated carbocycles. The summed E-state index contributed by atoms with van der Waals surface area (Å²) in [5.74, 6) is -0.267. The second-order valence-electron chi connectivity index (χ2n) is 7.34. The quantitative estimate of drug-likeness (QED) is 0.550. The Morgan fingerprint density at radius 2 is 1.67 bits per heavy atom. The molecule has 1 fully saturated rings. The van der Waals surface area contributed by atoms with Gasteiger partial charge in [-0.2, -0.15) is 22.6 Å². The number of rotatable bonds is 4. The molecule has 1 amide bonds. The Bertz CT molecular complexity index is 1250. The van der Waals surface area contributed by atoms with Crippen LogP contribution in [0.15, 0.2) is 65.8 Å². The van der Waals surface area contributed by atoms with Crippen molar-refractivity contribution in [2.75, 3.05) is 26.2 Å². The van der Waals surface area contributed by atoms with Crippen LogP contribution in [0.25, 0.3) is 5.69 Å². The largest absolute Gasteiger partial charge is 0.416 e. The SMILES string of the molecule is O=C(c1ccc(-n2cccn2)cc1)N1CCN(S(=O)(=O)c2cc(C(F)(F)F)ccc2Cl)CC1. The van der Waals surface area contributed by atoms with Crippen LogP contribution in [-0.4, -0.2) is 59.5 Å². The normalized spacial score (nSPS) is 15.6. The van der Waals surface area contributed by atoms with E-state index in [0.717, 1.165) is 22.1 Å². The molecule has 0 radical (unpaired) electrons. The number of halogens is 4. The van der Waals surface area contributed by atoms with E-state index in [1.165, 1.54) is 4.90 Å². The van der Waals surface area contributed by atoms with Gasteiger partial charge in [-0.15, -0.1) is 0 Å². The van der Waals surface area contributed by atoms with Gasteiger partial charge < -0.3 is 4.90 Å². The van der Waals surface area contributed by atoms with Gasteiger partial charge in [0.2, 0.25) is 10.0 Å². The molecule has 2 heterocycles. The van der Waals surface area contributed by atoms with E-state index in [2.05, 4.69) is 5.10 Å². The number of carbonyl (C=O) groups is 1. The number of carbonyl (C=O) groups excluding carboxylic acids is 1. The van der Waals surface area contributed by atoms with E-state index >= 15 is 0 Å². The Morgan fingerprint density at radius 3 is 2.24 bits per heavy atom. The lowest BCUT2D eigenvalue weighted by Crippen LogP contribution is -2.50. The highest BCUT2D eigenvalue weighted by molar-refractivity contribution is 7.89. The highest BCUT2D eigenvalue weighted by atomic mass is 35.5. The van der Waals surface area contributed by atoms with Gasteiger partial charge in [-0.05, 0) is 48.5 Å². The highest BCUT2D eigenvalue weighted by Gasteiger charge is 2.36. The molecular weight excluding hydrogens is 481 g/mol. The maximum Gasteiger partial charge on any atom is 0.416 e. The zero-order chi connectivity index (χ0) is 23.8. The average Bonchev–Trinajstić information content (AvgIpc) is 3.33. The van der Waals surface area contributed by atoms with E-state index in [1.807, 2.05) is 0 Å². The minimum Gasteiger partial charge on any atom is -0.336 e. The molecule has 33 heavy (non-hydrogen) atoms. The monoisotopic (exact) mass is 498 g/mol. The van der Waals surface area contributed by atoms with Crippen molar-refractivity contribution < 1.29 is 26.4 Å². The lowest BCUT2D eigenvalue weighted by atomic mass is 10.1. The van der Waals surface area contributed by atoms with Gasteiger partial charge in [0.1, 0.15) is 4.90 Å². The van der Waals surface area contributed by atoms with Crippen molar-refractivity contribution >= 4 is 27.5 Å². The molecule has 0 unspecified atom stereocenters. The predicted molar refractivity (Wildman–Crippen MR) is 115 cm³/mol. The van der Waals surface area contributed by atoms with Crippen molar-refractivity contribution in [1.29, 1.82) is 0 Å². The molecule has 12 heteroatoms. The van der Waals surface area contributed by atoms with E-state index in [0.29, 0.717) is 11.6 Å². The summed E-state index contributed by atoms with van der Waals surface area (Å²) in [5, 5.41) is 3.83. The Hall–Kier alpha value is -2.89. The molecule has 1 aromatic heterocycles. The van der Waals surface area contributed by atoms with Crippen molar-refractivity contribution in [3.63, 3.8) is 0 Å². The van der Waals surface area contributed by atoms with Crippen LogP contribution < -0.4 is 0 Å². The first-order valence-electron chi connectivity index (χ1n) is 9.83. The number of alkyl halides is 3. The van der Waals surface area contributed by atoms with E-state index in [4.69, 9.17) is 11.6 Å². The van der Waals surface area contributed by atoms with Crippen LogP contribution in [0.1, 0.15) is 15.9 Å². The summed E-state index contributed by atoms with van der Waals surface area (Å²) in [5.41, 5.74) is 0.117. The van der Waals surface area contributed by atoms with Crippen molar-refractivity contribution in [3.05, 3.63) is 77.1 Å². The maximum atomic E-state index is 13.0. The predicted octanol–water partition coefficient (Wildman–Crippen LogP) is 3.69. The number of hydrogen-bond acceptors (Lipinski definition) is 4. The van der Waals surface area contributed by atoms with Gasteiger partial charge in [-0.25, -0.2) is 13.1 Å². The van der Waals surface area contributed by atoms with E-state index in [9.17, 15) is 26.4 Å². The molecular formula is C21H18ClF3N4O3S. The van der Waals surface area contributed by atoms with Crippen LogP contribution in [0.4, 0.5) is 13.2 Å². The maximum absolute atomic E-state index is 13.0. The number of sulfonamides is 1. The fourth-order valence-electron chi connectivity index (χ4n) is 3.51. The molecule has 3 aromatic rings. The van der Waals surface area contributed by atoms with Crippen molar-refractivity contribution in [1.82, 2.24) is 19.0 Å². The van der Waals surface area contributed by atoms with Crippen molar-refractivity contribution in [2.24, 2.45) is 0 Å². The summed E-state index contributed by atoms with van der Waals surface area (Å²) in [6, 6.07) is 10.8. The van der Waals surface area contributed by atoms with E-state index < -0.39 is 26.7 Å². The number of nitrogens with zero attached hydrogens (tertiary/aromatic N) is 4. The third kappa shape index (κ3) is 4.75. The number of hydrogen-bond donors (Lipinski definition) is 0. The molecule has 1 aliphatic rings. The Morgan fingerprint density at radius 1 is 1.00 bits per heavy atom. The average molecular weight is 499 g/mol. The summed E-state index contributed by atoms with van der Waals surface area (Å²) in [7, 11) is -4.27. The topological polar surface area (TPSA) is 75.5 Å². The van der Waals surface area contributed by atoms with Crippen LogP contribution in [0, 0.1) is 0 Å². The smallest absolute Gasteiger partial charge is 0.336 e. The molecule has 0 aliphatic carbocycles. The summed E-state index contributed by atoms with van der Waals surface area (Å²) < 4.78 is 67.7. The third-order valence-electron chi connectivity index (χ3n) is 5.29. The fourth-order valence-corrected chi connectivity index (χ4v) is 5.43. The number of amides is 1. The van der Waals surface area contributed by atoms with E-state index in [1.54, 1.807) is 47.4 Å². The minimum absolute atomic E-state index is 0.0635. The second-order valence-corrected chi connectivity index (χ2v) is 9.65. The van der Waals surface area contributed by atoms with E-state index in [-0.39, 0.29) is 37.1 Å². The first kappa shape index (κ1) is 23.3. The van der Waals surface area contributed by atoms with Crippen LogP contribution in [0.3, 0.4) is 0 Å². The highest BCUT2D eigenvalue weighted by Crippen LogP contribution is 2.34. The minimum atomic E-state index is -4.70. The van der Waals surface area contributed by atoms with Crippen molar-refractivity contribution in [2.45, 2.75) is 11.1 Å². The molecule has 0 spiro atoms. The molecule has 174 valence electrons. The molecule has 0 bridgehead atoms.